The number of carbonyl (C=O) groups excluding carboxylic acids is 1. The molecule has 0 radical (unpaired) electrons. The third-order valence-electron chi connectivity index (χ3n) is 3.53. The Morgan fingerprint density at radius 1 is 1.04 bits per heavy atom. The maximum atomic E-state index is 12.6. The molecule has 7 heteroatoms. The molecule has 122 valence electrons. The summed E-state index contributed by atoms with van der Waals surface area (Å²) >= 11 is 12.9. The van der Waals surface area contributed by atoms with Crippen molar-refractivity contribution in [3.8, 4) is 11.3 Å². The second kappa shape index (κ2) is 7.30. The van der Waals surface area contributed by atoms with E-state index < -0.39 is 0 Å². The molecule has 0 fully saturated rings. The van der Waals surface area contributed by atoms with Gasteiger partial charge in [0.1, 0.15) is 10.6 Å². The Morgan fingerprint density at radius 2 is 1.62 bits per heavy atom. The molecule has 1 atom stereocenters. The average Bonchev–Trinajstić information content (AvgIpc) is 3.06. The van der Waals surface area contributed by atoms with Crippen LogP contribution in [0, 0.1) is 0 Å². The summed E-state index contributed by atoms with van der Waals surface area (Å²) in [5.41, 5.74) is 2.33. The van der Waals surface area contributed by atoms with E-state index in [9.17, 15) is 4.79 Å². The van der Waals surface area contributed by atoms with Gasteiger partial charge >= 0.3 is 0 Å². The van der Waals surface area contributed by atoms with Crippen LogP contribution in [0.5, 0.6) is 0 Å². The largest absolute Gasteiger partial charge is 0.345 e. The van der Waals surface area contributed by atoms with E-state index in [-0.39, 0.29) is 11.9 Å². The maximum absolute atomic E-state index is 12.6. The number of amides is 1. The highest BCUT2D eigenvalue weighted by molar-refractivity contribution is 7.08. The van der Waals surface area contributed by atoms with E-state index in [0.29, 0.717) is 20.6 Å². The Balaban J connectivity index is 1.80. The van der Waals surface area contributed by atoms with Crippen LogP contribution in [-0.4, -0.2) is 15.5 Å². The molecule has 24 heavy (non-hydrogen) atoms. The van der Waals surface area contributed by atoms with E-state index in [0.717, 1.165) is 22.7 Å². The van der Waals surface area contributed by atoms with Crippen LogP contribution < -0.4 is 5.32 Å². The molecule has 1 aromatic heterocycles. The maximum Gasteiger partial charge on any atom is 0.265 e. The van der Waals surface area contributed by atoms with Gasteiger partial charge in [-0.05, 0) is 48.3 Å². The van der Waals surface area contributed by atoms with Crippen LogP contribution in [0.25, 0.3) is 11.3 Å². The van der Waals surface area contributed by atoms with Gasteiger partial charge in [-0.1, -0.05) is 52.0 Å². The fraction of sp³-hybridized carbons (Fsp3) is 0.118. The number of benzene rings is 2. The first kappa shape index (κ1) is 16.9. The van der Waals surface area contributed by atoms with Crippen molar-refractivity contribution < 1.29 is 4.79 Å². The fourth-order valence-electron chi connectivity index (χ4n) is 2.23. The molecular weight excluding hydrogens is 365 g/mol. The molecule has 0 aliphatic carbocycles. The molecule has 0 bridgehead atoms. The van der Waals surface area contributed by atoms with E-state index in [1.807, 2.05) is 31.2 Å². The molecule has 0 aliphatic rings. The van der Waals surface area contributed by atoms with Crippen molar-refractivity contribution in [1.82, 2.24) is 14.9 Å². The van der Waals surface area contributed by atoms with Crippen LogP contribution in [0.15, 0.2) is 48.5 Å². The minimum absolute atomic E-state index is 0.157. The van der Waals surface area contributed by atoms with Gasteiger partial charge in [-0.25, -0.2) is 0 Å². The summed E-state index contributed by atoms with van der Waals surface area (Å²) in [4.78, 5) is 13.1. The molecule has 0 unspecified atom stereocenters. The van der Waals surface area contributed by atoms with Gasteiger partial charge in [0, 0.05) is 15.6 Å². The van der Waals surface area contributed by atoms with Crippen molar-refractivity contribution in [3.63, 3.8) is 0 Å². The first-order valence-electron chi connectivity index (χ1n) is 7.19. The summed E-state index contributed by atoms with van der Waals surface area (Å²) in [5.74, 6) is -0.211. The standard InChI is InChI=1S/C17H13Cl2N3OS/c1-10(11-2-6-13(18)7-3-11)20-17(23)16-15(21-22-24-16)12-4-8-14(19)9-5-12/h2-10H,1H3,(H,20,23)/t10-/m0/s1. The number of nitrogens with zero attached hydrogens (tertiary/aromatic N) is 2. The summed E-state index contributed by atoms with van der Waals surface area (Å²) in [6, 6.07) is 14.4. The Hall–Kier alpha value is -1.95. The SMILES string of the molecule is C[C@H](NC(=O)c1snnc1-c1ccc(Cl)cc1)c1ccc(Cl)cc1. The summed E-state index contributed by atoms with van der Waals surface area (Å²) < 4.78 is 3.91. The molecule has 4 nitrogen and oxygen atoms in total. The molecule has 1 N–H and O–H groups in total. The van der Waals surface area contributed by atoms with E-state index in [4.69, 9.17) is 23.2 Å². The second-order valence-corrected chi connectivity index (χ2v) is 6.83. The van der Waals surface area contributed by atoms with Gasteiger partial charge in [0.2, 0.25) is 0 Å². The molecule has 0 spiro atoms. The first-order valence-corrected chi connectivity index (χ1v) is 8.72. The minimum atomic E-state index is -0.211. The third-order valence-corrected chi connectivity index (χ3v) is 4.76. The summed E-state index contributed by atoms with van der Waals surface area (Å²) in [6.45, 7) is 1.91. The van der Waals surface area contributed by atoms with Gasteiger partial charge in [-0.2, -0.15) is 0 Å². The summed E-state index contributed by atoms with van der Waals surface area (Å²) in [7, 11) is 0. The summed E-state index contributed by atoms with van der Waals surface area (Å²) in [6.07, 6.45) is 0. The van der Waals surface area contributed by atoms with Gasteiger partial charge in [0.15, 0.2) is 0 Å². The Kier molecular flexibility index (Phi) is 5.14. The van der Waals surface area contributed by atoms with Crippen LogP contribution in [0.2, 0.25) is 10.0 Å². The van der Waals surface area contributed by atoms with Crippen LogP contribution in [-0.2, 0) is 0 Å². The number of hydrogen-bond acceptors (Lipinski definition) is 4. The number of hydrogen-bond donors (Lipinski definition) is 1. The topological polar surface area (TPSA) is 54.9 Å². The quantitative estimate of drug-likeness (QED) is 0.695. The lowest BCUT2D eigenvalue weighted by Crippen LogP contribution is -2.26. The highest BCUT2D eigenvalue weighted by Gasteiger charge is 2.19. The van der Waals surface area contributed by atoms with Gasteiger partial charge in [0.25, 0.3) is 5.91 Å². The second-order valence-electron chi connectivity index (χ2n) is 5.20. The van der Waals surface area contributed by atoms with E-state index >= 15 is 0 Å². The smallest absolute Gasteiger partial charge is 0.265 e. The van der Waals surface area contributed by atoms with Gasteiger partial charge < -0.3 is 5.32 Å². The van der Waals surface area contributed by atoms with Crippen molar-refractivity contribution in [2.75, 3.05) is 0 Å². The monoisotopic (exact) mass is 377 g/mol. The molecule has 3 aromatic rings. The van der Waals surface area contributed by atoms with E-state index in [1.54, 1.807) is 24.3 Å². The highest BCUT2D eigenvalue weighted by Crippen LogP contribution is 2.26. The number of carbonyl (C=O) groups is 1. The zero-order chi connectivity index (χ0) is 17.1. The van der Waals surface area contributed by atoms with Crippen LogP contribution in [0.4, 0.5) is 0 Å². The Morgan fingerprint density at radius 3 is 2.25 bits per heavy atom. The zero-order valence-electron chi connectivity index (χ0n) is 12.7. The van der Waals surface area contributed by atoms with Crippen molar-refractivity contribution in [1.29, 1.82) is 0 Å². The predicted octanol–water partition coefficient (Wildman–Crippen LogP) is 5.00. The predicted molar refractivity (Wildman–Crippen MR) is 97.7 cm³/mol. The molecule has 2 aromatic carbocycles. The van der Waals surface area contributed by atoms with E-state index in [2.05, 4.69) is 14.9 Å². The number of nitrogens with one attached hydrogen (secondary N) is 1. The number of rotatable bonds is 4. The van der Waals surface area contributed by atoms with Gasteiger partial charge in [-0.15, -0.1) is 5.10 Å². The lowest BCUT2D eigenvalue weighted by atomic mass is 10.1. The van der Waals surface area contributed by atoms with Gasteiger partial charge in [-0.3, -0.25) is 4.79 Å². The van der Waals surface area contributed by atoms with Crippen LogP contribution >= 0.6 is 34.7 Å². The van der Waals surface area contributed by atoms with E-state index in [1.165, 1.54) is 0 Å². The average molecular weight is 378 g/mol. The Labute approximate surface area is 153 Å². The van der Waals surface area contributed by atoms with Gasteiger partial charge in [0.05, 0.1) is 6.04 Å². The molecule has 1 amide bonds. The number of halogens is 2. The Bertz CT molecular complexity index is 847. The van der Waals surface area contributed by atoms with Crippen molar-refractivity contribution >= 4 is 40.6 Å². The molecular formula is C17H13Cl2N3OS. The molecule has 1 heterocycles. The molecule has 0 aliphatic heterocycles. The van der Waals surface area contributed by atoms with Crippen LogP contribution in [0.3, 0.4) is 0 Å². The first-order chi connectivity index (χ1) is 11.5. The third kappa shape index (κ3) is 3.75. The lowest BCUT2D eigenvalue weighted by molar-refractivity contribution is 0.0944. The van der Waals surface area contributed by atoms with Crippen molar-refractivity contribution in [2.24, 2.45) is 0 Å². The summed E-state index contributed by atoms with van der Waals surface area (Å²) in [5, 5.41) is 8.33. The highest BCUT2D eigenvalue weighted by atomic mass is 35.5. The minimum Gasteiger partial charge on any atom is -0.345 e. The molecule has 0 saturated carbocycles. The van der Waals surface area contributed by atoms with Crippen molar-refractivity contribution in [2.45, 2.75) is 13.0 Å². The fourth-order valence-corrected chi connectivity index (χ4v) is 3.08. The zero-order valence-corrected chi connectivity index (χ0v) is 15.0. The van der Waals surface area contributed by atoms with Crippen LogP contribution in [0.1, 0.15) is 28.2 Å². The number of aromatic nitrogens is 2. The van der Waals surface area contributed by atoms with Crippen molar-refractivity contribution in [3.05, 3.63) is 69.0 Å². The normalized spacial score (nSPS) is 12.0. The lowest BCUT2D eigenvalue weighted by Gasteiger charge is -2.14. The molecule has 0 saturated heterocycles. The molecule has 3 rings (SSSR count).